The molecule has 16 heavy (non-hydrogen) atoms. The average Bonchev–Trinajstić information content (AvgIpc) is 2.98. The van der Waals surface area contributed by atoms with Gasteiger partial charge >= 0.3 is 0 Å². The van der Waals surface area contributed by atoms with E-state index in [0.29, 0.717) is 12.1 Å². The summed E-state index contributed by atoms with van der Waals surface area (Å²) in [7, 11) is 0. The topological polar surface area (TPSA) is 24.1 Å². The summed E-state index contributed by atoms with van der Waals surface area (Å²) in [4.78, 5) is 0. The molecule has 0 saturated heterocycles. The molecular formula is C10H9F3N2S. The highest BCUT2D eigenvalue weighted by Gasteiger charge is 2.22. The van der Waals surface area contributed by atoms with Gasteiger partial charge in [-0.1, -0.05) is 0 Å². The fourth-order valence-electron chi connectivity index (χ4n) is 1.19. The molecule has 2 rings (SSSR count). The molecule has 2 nitrogen and oxygen atoms in total. The zero-order valence-corrected chi connectivity index (χ0v) is 9.00. The normalized spacial score (nSPS) is 14.7. The van der Waals surface area contributed by atoms with Crippen LogP contribution in [-0.4, -0.2) is 11.2 Å². The molecule has 1 aliphatic rings. The summed E-state index contributed by atoms with van der Waals surface area (Å²) < 4.78 is 38.7. The zero-order chi connectivity index (χ0) is 11.7. The number of nitrogens with one attached hydrogen (secondary N) is 2. The maximum absolute atomic E-state index is 13.2. The minimum Gasteiger partial charge on any atom is -0.360 e. The molecule has 0 radical (unpaired) electrons. The van der Waals surface area contributed by atoms with Crippen molar-refractivity contribution < 1.29 is 13.2 Å². The lowest BCUT2D eigenvalue weighted by Crippen LogP contribution is -2.30. The van der Waals surface area contributed by atoms with Crippen molar-refractivity contribution >= 4 is 23.0 Å². The molecule has 6 heteroatoms. The number of hydrogen-bond donors (Lipinski definition) is 2. The Kier molecular flexibility index (Phi) is 3.00. The van der Waals surface area contributed by atoms with E-state index < -0.39 is 17.5 Å². The van der Waals surface area contributed by atoms with Gasteiger partial charge in [0.05, 0.1) is 5.69 Å². The largest absolute Gasteiger partial charge is 0.360 e. The monoisotopic (exact) mass is 246 g/mol. The van der Waals surface area contributed by atoms with Crippen LogP contribution in [0.2, 0.25) is 0 Å². The van der Waals surface area contributed by atoms with E-state index in [1.807, 2.05) is 0 Å². The molecule has 1 aliphatic carbocycles. The number of benzene rings is 1. The van der Waals surface area contributed by atoms with Crippen molar-refractivity contribution in [3.63, 3.8) is 0 Å². The summed E-state index contributed by atoms with van der Waals surface area (Å²) in [6.45, 7) is 0. The Morgan fingerprint density at radius 1 is 1.12 bits per heavy atom. The molecule has 0 aromatic heterocycles. The van der Waals surface area contributed by atoms with Gasteiger partial charge in [-0.3, -0.25) is 0 Å². The van der Waals surface area contributed by atoms with E-state index in [-0.39, 0.29) is 10.8 Å². The van der Waals surface area contributed by atoms with Gasteiger partial charge in [0, 0.05) is 18.2 Å². The molecule has 0 unspecified atom stereocenters. The first-order valence-corrected chi connectivity index (χ1v) is 5.19. The molecule has 1 fully saturated rings. The minimum absolute atomic E-state index is 0.169. The third kappa shape index (κ3) is 2.63. The van der Waals surface area contributed by atoms with E-state index in [9.17, 15) is 13.2 Å². The van der Waals surface area contributed by atoms with Crippen molar-refractivity contribution in [1.82, 2.24) is 5.32 Å². The fourth-order valence-corrected chi connectivity index (χ4v) is 1.47. The Bertz CT molecular complexity index is 432. The molecule has 0 spiro atoms. The zero-order valence-electron chi connectivity index (χ0n) is 8.19. The van der Waals surface area contributed by atoms with Crippen LogP contribution < -0.4 is 10.6 Å². The highest BCUT2D eigenvalue weighted by molar-refractivity contribution is 7.80. The number of hydrogen-bond acceptors (Lipinski definition) is 1. The number of thiocarbonyl (C=S) groups is 1. The first-order chi connectivity index (χ1) is 7.56. The quantitative estimate of drug-likeness (QED) is 0.619. The van der Waals surface area contributed by atoms with Crippen molar-refractivity contribution in [2.75, 3.05) is 5.32 Å². The van der Waals surface area contributed by atoms with E-state index in [4.69, 9.17) is 12.2 Å². The molecule has 1 saturated carbocycles. The van der Waals surface area contributed by atoms with Crippen LogP contribution in [0.15, 0.2) is 12.1 Å². The fraction of sp³-hybridized carbons (Fsp3) is 0.300. The molecule has 0 aliphatic heterocycles. The van der Waals surface area contributed by atoms with E-state index in [2.05, 4.69) is 10.6 Å². The second-order valence-corrected chi connectivity index (χ2v) is 4.03. The third-order valence-electron chi connectivity index (χ3n) is 2.17. The van der Waals surface area contributed by atoms with Gasteiger partial charge in [0.25, 0.3) is 0 Å². The summed E-state index contributed by atoms with van der Waals surface area (Å²) >= 11 is 4.88. The van der Waals surface area contributed by atoms with Gasteiger partial charge < -0.3 is 10.6 Å². The van der Waals surface area contributed by atoms with E-state index >= 15 is 0 Å². The van der Waals surface area contributed by atoms with Crippen molar-refractivity contribution in [3.05, 3.63) is 29.6 Å². The highest BCUT2D eigenvalue weighted by Crippen LogP contribution is 2.20. The van der Waals surface area contributed by atoms with Crippen LogP contribution in [0.1, 0.15) is 12.8 Å². The summed E-state index contributed by atoms with van der Waals surface area (Å²) in [5.74, 6) is -3.21. The van der Waals surface area contributed by atoms with Crippen molar-refractivity contribution in [3.8, 4) is 0 Å². The van der Waals surface area contributed by atoms with Crippen molar-refractivity contribution in [1.29, 1.82) is 0 Å². The molecule has 1 aromatic rings. The molecule has 2 N–H and O–H groups in total. The molecular weight excluding hydrogens is 237 g/mol. The second kappa shape index (κ2) is 4.29. The summed E-state index contributed by atoms with van der Waals surface area (Å²) in [5, 5.41) is 5.60. The maximum atomic E-state index is 13.2. The summed E-state index contributed by atoms with van der Waals surface area (Å²) in [6, 6.07) is 1.54. The number of rotatable bonds is 2. The summed E-state index contributed by atoms with van der Waals surface area (Å²) in [5.41, 5.74) is -0.169. The van der Waals surface area contributed by atoms with Crippen LogP contribution in [0.3, 0.4) is 0 Å². The molecule has 0 amide bonds. The summed E-state index contributed by atoms with van der Waals surface area (Å²) in [6.07, 6.45) is 2.03. The lowest BCUT2D eigenvalue weighted by atomic mass is 10.3. The molecule has 86 valence electrons. The number of halogens is 3. The van der Waals surface area contributed by atoms with Crippen LogP contribution in [0.4, 0.5) is 18.9 Å². The standard InChI is InChI=1S/C10H9F3N2S/c11-6-3-8(13)9(4-7(6)12)15-10(16)14-5-1-2-5/h3-5H,1-2H2,(H2,14,15,16). The average molecular weight is 246 g/mol. The lowest BCUT2D eigenvalue weighted by molar-refractivity contribution is 0.496. The van der Waals surface area contributed by atoms with Gasteiger partial charge in [0.2, 0.25) is 0 Å². The molecule has 0 atom stereocenters. The Hall–Kier alpha value is -1.30. The first kappa shape index (κ1) is 11.2. The van der Waals surface area contributed by atoms with Gasteiger partial charge in [0.15, 0.2) is 16.7 Å². The van der Waals surface area contributed by atoms with Crippen LogP contribution in [0.5, 0.6) is 0 Å². The Morgan fingerprint density at radius 2 is 1.75 bits per heavy atom. The predicted octanol–water partition coefficient (Wildman–Crippen LogP) is 2.55. The Labute approximate surface area is 95.8 Å². The lowest BCUT2D eigenvalue weighted by Gasteiger charge is -2.10. The predicted molar refractivity (Wildman–Crippen MR) is 58.7 cm³/mol. The van der Waals surface area contributed by atoms with Gasteiger partial charge in [-0.2, -0.15) is 0 Å². The first-order valence-electron chi connectivity index (χ1n) is 4.78. The second-order valence-electron chi connectivity index (χ2n) is 3.62. The SMILES string of the molecule is Fc1cc(F)c(NC(=S)NC2CC2)cc1F. The van der Waals surface area contributed by atoms with Crippen LogP contribution in [0, 0.1) is 17.5 Å². The Balaban J connectivity index is 2.07. The van der Waals surface area contributed by atoms with Gasteiger partial charge in [-0.05, 0) is 25.1 Å². The van der Waals surface area contributed by atoms with E-state index in [1.54, 1.807) is 0 Å². The third-order valence-corrected chi connectivity index (χ3v) is 2.39. The molecule has 1 aromatic carbocycles. The highest BCUT2D eigenvalue weighted by atomic mass is 32.1. The maximum Gasteiger partial charge on any atom is 0.171 e. The smallest absolute Gasteiger partial charge is 0.171 e. The molecule has 0 bridgehead atoms. The minimum atomic E-state index is -1.22. The Morgan fingerprint density at radius 3 is 2.38 bits per heavy atom. The van der Waals surface area contributed by atoms with Crippen LogP contribution in [0.25, 0.3) is 0 Å². The van der Waals surface area contributed by atoms with Gasteiger partial charge in [0.1, 0.15) is 5.82 Å². The van der Waals surface area contributed by atoms with Gasteiger partial charge in [-0.25, -0.2) is 13.2 Å². The van der Waals surface area contributed by atoms with Crippen LogP contribution in [-0.2, 0) is 0 Å². The van der Waals surface area contributed by atoms with E-state index in [0.717, 1.165) is 18.9 Å². The van der Waals surface area contributed by atoms with Gasteiger partial charge in [-0.15, -0.1) is 0 Å². The van der Waals surface area contributed by atoms with Crippen LogP contribution >= 0.6 is 12.2 Å². The van der Waals surface area contributed by atoms with Crippen molar-refractivity contribution in [2.24, 2.45) is 0 Å². The van der Waals surface area contributed by atoms with E-state index in [1.165, 1.54) is 0 Å². The molecule has 0 heterocycles. The number of anilines is 1. The van der Waals surface area contributed by atoms with Crippen molar-refractivity contribution in [2.45, 2.75) is 18.9 Å².